The van der Waals surface area contributed by atoms with Gasteiger partial charge in [-0.2, -0.15) is 0 Å². The summed E-state index contributed by atoms with van der Waals surface area (Å²) in [7, 11) is 0. The molecule has 0 saturated heterocycles. The maximum atomic E-state index is 6.63. The van der Waals surface area contributed by atoms with Crippen LogP contribution in [0, 0.1) is 0 Å². The Morgan fingerprint density at radius 3 is 1.61 bits per heavy atom. The molecule has 67 heavy (non-hydrogen) atoms. The summed E-state index contributed by atoms with van der Waals surface area (Å²) in [6.07, 6.45) is 4.00. The van der Waals surface area contributed by atoms with Crippen molar-refractivity contribution in [3.63, 3.8) is 0 Å². The Balaban J connectivity index is 0.00000113. The van der Waals surface area contributed by atoms with Crippen LogP contribution in [0.3, 0.4) is 0 Å². The van der Waals surface area contributed by atoms with Crippen LogP contribution in [0.25, 0.3) is 122 Å². The SMILES string of the molecule is C/C=C\C.c1ccc(-c2nc(-c3ccccc3)nc(-c3ccc4c(c3-c3ccc5c(c3)c3ccccc3n5-c3cccc5c3oc3ccccc35)c3ccccc3n4-c3ccccc3)n2)cc1. The van der Waals surface area contributed by atoms with Crippen LogP contribution in [0.4, 0.5) is 0 Å². The molecule has 0 radical (unpaired) electrons. The summed E-state index contributed by atoms with van der Waals surface area (Å²) in [5.41, 5.74) is 13.2. The molecule has 0 aliphatic rings. The third kappa shape index (κ3) is 6.69. The Morgan fingerprint density at radius 2 is 0.925 bits per heavy atom. The standard InChI is InChI=1S/C57H35N5O.C4H8/c1-4-17-36(18-5-1)55-58-56(37-19-6-2-7-20-37)60-57(59-55)44-32-34-49-53(43-25-11-14-28-47(43)61(49)39-21-8-3-9-22-39)52(44)38-31-33-48-45(35-38)40-23-10-13-27-46(40)62(48)50-29-16-26-42-41-24-12-15-30-51(41)63-54(42)50;1-3-4-2/h1-35H;3-4H,1-2H3/b;4-3-. The van der Waals surface area contributed by atoms with Crippen molar-refractivity contribution in [2.75, 3.05) is 0 Å². The first-order valence-corrected chi connectivity index (χ1v) is 22.7. The molecule has 0 spiro atoms. The van der Waals surface area contributed by atoms with E-state index >= 15 is 0 Å². The molecular weight excluding hydrogens is 819 g/mol. The fourth-order valence-corrected chi connectivity index (χ4v) is 9.63. The monoisotopic (exact) mass is 861 g/mol. The number of hydrogen-bond acceptors (Lipinski definition) is 4. The summed E-state index contributed by atoms with van der Waals surface area (Å²) in [6, 6.07) is 74.4. The number of allylic oxidation sites excluding steroid dienone is 2. The van der Waals surface area contributed by atoms with E-state index in [1.807, 2.05) is 74.5 Å². The highest BCUT2D eigenvalue weighted by Crippen LogP contribution is 2.46. The lowest BCUT2D eigenvalue weighted by Gasteiger charge is -2.15. The second-order valence-corrected chi connectivity index (χ2v) is 16.6. The van der Waals surface area contributed by atoms with E-state index in [1.165, 1.54) is 0 Å². The van der Waals surface area contributed by atoms with Gasteiger partial charge in [-0.15, -0.1) is 0 Å². The predicted molar refractivity (Wildman–Crippen MR) is 278 cm³/mol. The molecule has 0 aliphatic carbocycles. The quantitative estimate of drug-likeness (QED) is 0.156. The van der Waals surface area contributed by atoms with E-state index in [9.17, 15) is 0 Å². The van der Waals surface area contributed by atoms with Gasteiger partial charge < -0.3 is 13.6 Å². The Hall–Kier alpha value is -8.87. The maximum absolute atomic E-state index is 6.63. The number of fused-ring (bicyclic) bond motifs is 9. The van der Waals surface area contributed by atoms with E-state index in [4.69, 9.17) is 19.4 Å². The summed E-state index contributed by atoms with van der Waals surface area (Å²) in [5.74, 6) is 1.85. The number of benzene rings is 9. The molecule has 13 rings (SSSR count). The van der Waals surface area contributed by atoms with Gasteiger partial charge in [0, 0.05) is 60.3 Å². The largest absolute Gasteiger partial charge is 0.454 e. The molecule has 13 aromatic rings. The first-order valence-electron chi connectivity index (χ1n) is 22.7. The van der Waals surface area contributed by atoms with Crippen LogP contribution >= 0.6 is 0 Å². The van der Waals surface area contributed by atoms with Gasteiger partial charge in [-0.1, -0.05) is 164 Å². The van der Waals surface area contributed by atoms with E-state index in [2.05, 4.69) is 173 Å². The molecule has 0 bridgehead atoms. The van der Waals surface area contributed by atoms with Crippen molar-refractivity contribution in [1.82, 2.24) is 24.1 Å². The number of para-hydroxylation sites is 5. The second-order valence-electron chi connectivity index (χ2n) is 16.6. The topological polar surface area (TPSA) is 61.7 Å². The predicted octanol–water partition coefficient (Wildman–Crippen LogP) is 16.2. The Bertz CT molecular complexity index is 3930. The molecule has 0 saturated carbocycles. The fraction of sp³-hybridized carbons (Fsp3) is 0.0328. The molecule has 6 nitrogen and oxygen atoms in total. The lowest BCUT2D eigenvalue weighted by atomic mass is 9.92. The summed E-state index contributed by atoms with van der Waals surface area (Å²) in [6.45, 7) is 4.00. The highest BCUT2D eigenvalue weighted by molar-refractivity contribution is 6.20. The Labute approximate surface area is 387 Å². The molecular formula is C61H43N5O. The van der Waals surface area contributed by atoms with Crippen LogP contribution in [-0.4, -0.2) is 24.1 Å². The third-order valence-electron chi connectivity index (χ3n) is 12.7. The molecule has 4 aromatic heterocycles. The molecule has 0 N–H and O–H groups in total. The zero-order valence-corrected chi connectivity index (χ0v) is 37.0. The zero-order chi connectivity index (χ0) is 44.8. The fourth-order valence-electron chi connectivity index (χ4n) is 9.63. The van der Waals surface area contributed by atoms with Crippen molar-refractivity contribution in [3.8, 4) is 56.7 Å². The molecule has 0 fully saturated rings. The molecule has 318 valence electrons. The molecule has 0 aliphatic heterocycles. The van der Waals surface area contributed by atoms with E-state index in [0.29, 0.717) is 17.5 Å². The smallest absolute Gasteiger partial charge is 0.164 e. The number of nitrogens with zero attached hydrogens (tertiary/aromatic N) is 5. The molecule has 4 heterocycles. The van der Waals surface area contributed by atoms with Crippen LogP contribution in [0.1, 0.15) is 13.8 Å². The van der Waals surface area contributed by atoms with E-state index < -0.39 is 0 Å². The second kappa shape index (κ2) is 16.6. The normalized spacial score (nSPS) is 11.7. The molecule has 0 amide bonds. The van der Waals surface area contributed by atoms with Gasteiger partial charge in [-0.3, -0.25) is 0 Å². The van der Waals surface area contributed by atoms with Crippen LogP contribution in [0.15, 0.2) is 229 Å². The van der Waals surface area contributed by atoms with Crippen molar-refractivity contribution in [2.24, 2.45) is 0 Å². The summed E-state index contributed by atoms with van der Waals surface area (Å²) in [4.78, 5) is 15.7. The Kier molecular flexibility index (Phi) is 9.84. The van der Waals surface area contributed by atoms with Crippen LogP contribution in [0.5, 0.6) is 0 Å². The number of hydrogen-bond donors (Lipinski definition) is 0. The van der Waals surface area contributed by atoms with E-state index in [-0.39, 0.29) is 0 Å². The highest BCUT2D eigenvalue weighted by atomic mass is 16.3. The lowest BCUT2D eigenvalue weighted by Crippen LogP contribution is -2.01. The molecule has 6 heteroatoms. The molecule has 0 unspecified atom stereocenters. The first-order chi connectivity index (χ1) is 33.2. The third-order valence-corrected chi connectivity index (χ3v) is 12.7. The minimum absolute atomic E-state index is 0.607. The number of furan rings is 1. The van der Waals surface area contributed by atoms with Gasteiger partial charge in [0.25, 0.3) is 0 Å². The average molecular weight is 862 g/mol. The van der Waals surface area contributed by atoms with E-state index in [0.717, 1.165) is 105 Å². The number of rotatable bonds is 6. The van der Waals surface area contributed by atoms with Gasteiger partial charge >= 0.3 is 0 Å². The van der Waals surface area contributed by atoms with E-state index in [1.54, 1.807) is 0 Å². The van der Waals surface area contributed by atoms with Crippen molar-refractivity contribution in [1.29, 1.82) is 0 Å². The van der Waals surface area contributed by atoms with Gasteiger partial charge in [0.1, 0.15) is 5.58 Å². The van der Waals surface area contributed by atoms with Crippen LogP contribution in [-0.2, 0) is 0 Å². The van der Waals surface area contributed by atoms with Gasteiger partial charge in [0.15, 0.2) is 23.1 Å². The Morgan fingerprint density at radius 1 is 0.388 bits per heavy atom. The lowest BCUT2D eigenvalue weighted by molar-refractivity contribution is 0.666. The maximum Gasteiger partial charge on any atom is 0.164 e. The minimum Gasteiger partial charge on any atom is -0.454 e. The average Bonchev–Trinajstić information content (AvgIpc) is 4.07. The van der Waals surface area contributed by atoms with Gasteiger partial charge in [-0.25, -0.2) is 15.0 Å². The summed E-state index contributed by atoms with van der Waals surface area (Å²) in [5, 5.41) is 6.77. The summed E-state index contributed by atoms with van der Waals surface area (Å²) < 4.78 is 11.4. The minimum atomic E-state index is 0.607. The van der Waals surface area contributed by atoms with Crippen molar-refractivity contribution >= 4 is 65.6 Å². The molecule has 9 aromatic carbocycles. The molecule has 0 atom stereocenters. The van der Waals surface area contributed by atoms with Crippen molar-refractivity contribution in [2.45, 2.75) is 13.8 Å². The number of aromatic nitrogens is 5. The summed E-state index contributed by atoms with van der Waals surface area (Å²) >= 11 is 0. The first kappa shape index (κ1) is 39.7. The van der Waals surface area contributed by atoms with Gasteiger partial charge in [-0.05, 0) is 80.1 Å². The van der Waals surface area contributed by atoms with Crippen LogP contribution < -0.4 is 0 Å². The van der Waals surface area contributed by atoms with Crippen molar-refractivity contribution < 1.29 is 4.42 Å². The van der Waals surface area contributed by atoms with Gasteiger partial charge in [0.05, 0.1) is 27.8 Å². The highest BCUT2D eigenvalue weighted by Gasteiger charge is 2.24. The van der Waals surface area contributed by atoms with Crippen molar-refractivity contribution in [3.05, 3.63) is 224 Å². The zero-order valence-electron chi connectivity index (χ0n) is 37.0. The van der Waals surface area contributed by atoms with Crippen LogP contribution in [0.2, 0.25) is 0 Å². The van der Waals surface area contributed by atoms with Gasteiger partial charge in [0.2, 0.25) is 0 Å².